The average Bonchev–Trinajstić information content (AvgIpc) is 2.26. The maximum atomic E-state index is 12.0. The lowest BCUT2D eigenvalue weighted by molar-refractivity contribution is 0.0977. The number of nitrogen functional groups attached to an aromatic ring is 1. The summed E-state index contributed by atoms with van der Waals surface area (Å²) in [5.41, 5.74) is 6.22. The van der Waals surface area contributed by atoms with Crippen molar-refractivity contribution in [1.29, 1.82) is 0 Å². The molecular formula is C12H18F2N2O. The summed E-state index contributed by atoms with van der Waals surface area (Å²) in [6, 6.07) is 7.10. The van der Waals surface area contributed by atoms with Gasteiger partial charge in [0.15, 0.2) is 0 Å². The number of alkyl halides is 2. The summed E-state index contributed by atoms with van der Waals surface area (Å²) >= 11 is 0. The van der Waals surface area contributed by atoms with Crippen molar-refractivity contribution in [2.24, 2.45) is 0 Å². The Balaban J connectivity index is 2.13. The summed E-state index contributed by atoms with van der Waals surface area (Å²) in [7, 11) is 1.68. The fourth-order valence-electron chi connectivity index (χ4n) is 1.42. The van der Waals surface area contributed by atoms with Gasteiger partial charge in [-0.2, -0.15) is 0 Å². The number of anilines is 1. The van der Waals surface area contributed by atoms with Gasteiger partial charge in [-0.05, 0) is 37.7 Å². The molecule has 5 heteroatoms. The van der Waals surface area contributed by atoms with Crippen LogP contribution in [-0.4, -0.2) is 38.1 Å². The van der Waals surface area contributed by atoms with Crippen LogP contribution in [0.3, 0.4) is 0 Å². The Morgan fingerprint density at radius 2 is 1.94 bits per heavy atom. The molecule has 0 saturated heterocycles. The standard InChI is InChI=1S/C12H18F2N2O/c1-16(9-12(13)14)7-2-8-17-11-5-3-10(15)4-6-11/h3-6,12H,2,7-9,15H2,1H3. The summed E-state index contributed by atoms with van der Waals surface area (Å²) < 4.78 is 29.5. The van der Waals surface area contributed by atoms with Crippen molar-refractivity contribution in [3.63, 3.8) is 0 Å². The molecule has 2 N–H and O–H groups in total. The number of hydrogen-bond acceptors (Lipinski definition) is 3. The highest BCUT2D eigenvalue weighted by Gasteiger charge is 2.06. The van der Waals surface area contributed by atoms with Crippen LogP contribution in [0.25, 0.3) is 0 Å². The summed E-state index contributed by atoms with van der Waals surface area (Å²) in [5, 5.41) is 0. The molecule has 0 aliphatic rings. The zero-order valence-electron chi connectivity index (χ0n) is 9.90. The van der Waals surface area contributed by atoms with Gasteiger partial charge in [-0.25, -0.2) is 8.78 Å². The maximum Gasteiger partial charge on any atom is 0.251 e. The average molecular weight is 244 g/mol. The Bertz CT molecular complexity index is 317. The van der Waals surface area contributed by atoms with Crippen molar-refractivity contribution in [1.82, 2.24) is 4.90 Å². The summed E-state index contributed by atoms with van der Waals surface area (Å²) in [4.78, 5) is 1.59. The maximum absolute atomic E-state index is 12.0. The van der Waals surface area contributed by atoms with Crippen LogP contribution in [0.2, 0.25) is 0 Å². The summed E-state index contributed by atoms with van der Waals surface area (Å²) in [6.07, 6.45) is -1.56. The van der Waals surface area contributed by atoms with E-state index < -0.39 is 6.43 Å². The quantitative estimate of drug-likeness (QED) is 0.590. The Morgan fingerprint density at radius 3 is 2.53 bits per heavy atom. The minimum Gasteiger partial charge on any atom is -0.494 e. The Labute approximate surface area is 100 Å². The van der Waals surface area contributed by atoms with Gasteiger partial charge in [-0.3, -0.25) is 0 Å². The second-order valence-electron chi connectivity index (χ2n) is 3.92. The van der Waals surface area contributed by atoms with Crippen LogP contribution in [0.4, 0.5) is 14.5 Å². The second kappa shape index (κ2) is 7.06. The predicted octanol–water partition coefficient (Wildman–Crippen LogP) is 2.23. The molecule has 0 fully saturated rings. The molecule has 0 heterocycles. The minimum atomic E-state index is -2.28. The first-order valence-corrected chi connectivity index (χ1v) is 5.53. The molecule has 0 unspecified atom stereocenters. The molecule has 0 aliphatic carbocycles. The zero-order chi connectivity index (χ0) is 12.7. The third kappa shape index (κ3) is 6.06. The zero-order valence-corrected chi connectivity index (χ0v) is 9.90. The fraction of sp³-hybridized carbons (Fsp3) is 0.500. The second-order valence-corrected chi connectivity index (χ2v) is 3.92. The van der Waals surface area contributed by atoms with Crippen molar-refractivity contribution >= 4 is 5.69 Å². The number of ether oxygens (including phenoxy) is 1. The van der Waals surface area contributed by atoms with Crippen molar-refractivity contribution in [2.45, 2.75) is 12.8 Å². The number of nitrogens with two attached hydrogens (primary N) is 1. The Kier molecular flexibility index (Phi) is 5.69. The lowest BCUT2D eigenvalue weighted by Gasteiger charge is -2.15. The third-order valence-corrected chi connectivity index (χ3v) is 2.28. The summed E-state index contributed by atoms with van der Waals surface area (Å²) in [6.45, 7) is 0.915. The first-order chi connectivity index (χ1) is 8.08. The molecule has 96 valence electrons. The molecule has 0 bridgehead atoms. The van der Waals surface area contributed by atoms with E-state index in [0.29, 0.717) is 25.3 Å². The highest BCUT2D eigenvalue weighted by Crippen LogP contribution is 2.13. The molecule has 1 aromatic carbocycles. The van der Waals surface area contributed by atoms with E-state index >= 15 is 0 Å². The lowest BCUT2D eigenvalue weighted by Crippen LogP contribution is -2.26. The molecule has 0 aromatic heterocycles. The first kappa shape index (κ1) is 13.7. The number of nitrogens with zero attached hydrogens (tertiary/aromatic N) is 1. The number of rotatable bonds is 7. The van der Waals surface area contributed by atoms with Gasteiger partial charge in [0.1, 0.15) is 5.75 Å². The van der Waals surface area contributed by atoms with Crippen LogP contribution < -0.4 is 10.5 Å². The first-order valence-electron chi connectivity index (χ1n) is 5.53. The van der Waals surface area contributed by atoms with Gasteiger partial charge in [-0.15, -0.1) is 0 Å². The Morgan fingerprint density at radius 1 is 1.29 bits per heavy atom. The highest BCUT2D eigenvalue weighted by atomic mass is 19.3. The van der Waals surface area contributed by atoms with Crippen LogP contribution in [0, 0.1) is 0 Å². The van der Waals surface area contributed by atoms with Gasteiger partial charge in [0.05, 0.1) is 13.2 Å². The number of halogens is 2. The van der Waals surface area contributed by atoms with Crippen LogP contribution >= 0.6 is 0 Å². The van der Waals surface area contributed by atoms with Crippen molar-refractivity contribution in [2.75, 3.05) is 32.5 Å². The van der Waals surface area contributed by atoms with Gasteiger partial charge in [0.25, 0.3) is 6.43 Å². The molecule has 1 aromatic rings. The molecule has 17 heavy (non-hydrogen) atoms. The van der Waals surface area contributed by atoms with Crippen LogP contribution in [0.15, 0.2) is 24.3 Å². The summed E-state index contributed by atoms with van der Waals surface area (Å²) in [5.74, 6) is 0.746. The molecule has 0 saturated carbocycles. The van der Waals surface area contributed by atoms with Gasteiger partial charge in [0, 0.05) is 12.2 Å². The van der Waals surface area contributed by atoms with Crippen molar-refractivity contribution in [3.8, 4) is 5.75 Å². The van der Waals surface area contributed by atoms with E-state index in [0.717, 1.165) is 5.75 Å². The van der Waals surface area contributed by atoms with E-state index in [9.17, 15) is 8.78 Å². The molecule has 3 nitrogen and oxygen atoms in total. The number of hydrogen-bond donors (Lipinski definition) is 1. The molecule has 0 amide bonds. The van der Waals surface area contributed by atoms with E-state index in [1.807, 2.05) is 0 Å². The van der Waals surface area contributed by atoms with E-state index in [1.54, 1.807) is 36.2 Å². The van der Waals surface area contributed by atoms with E-state index in [2.05, 4.69) is 0 Å². The molecule has 0 aliphatic heterocycles. The van der Waals surface area contributed by atoms with Gasteiger partial charge >= 0.3 is 0 Å². The topological polar surface area (TPSA) is 38.5 Å². The van der Waals surface area contributed by atoms with Crippen LogP contribution in [-0.2, 0) is 0 Å². The van der Waals surface area contributed by atoms with Crippen LogP contribution in [0.5, 0.6) is 5.75 Å². The van der Waals surface area contributed by atoms with Crippen LogP contribution in [0.1, 0.15) is 6.42 Å². The fourth-order valence-corrected chi connectivity index (χ4v) is 1.42. The van der Waals surface area contributed by atoms with E-state index in [-0.39, 0.29) is 6.54 Å². The normalized spacial score (nSPS) is 11.1. The van der Waals surface area contributed by atoms with Gasteiger partial charge in [0.2, 0.25) is 0 Å². The smallest absolute Gasteiger partial charge is 0.251 e. The highest BCUT2D eigenvalue weighted by molar-refractivity contribution is 5.41. The van der Waals surface area contributed by atoms with Crippen molar-refractivity contribution in [3.05, 3.63) is 24.3 Å². The Hall–Kier alpha value is -1.36. The molecule has 0 radical (unpaired) electrons. The largest absolute Gasteiger partial charge is 0.494 e. The van der Waals surface area contributed by atoms with Gasteiger partial charge < -0.3 is 15.4 Å². The minimum absolute atomic E-state index is 0.193. The molecular weight excluding hydrogens is 226 g/mol. The lowest BCUT2D eigenvalue weighted by atomic mass is 10.3. The predicted molar refractivity (Wildman–Crippen MR) is 64.5 cm³/mol. The van der Waals surface area contributed by atoms with E-state index in [4.69, 9.17) is 10.5 Å². The number of benzene rings is 1. The third-order valence-electron chi connectivity index (χ3n) is 2.28. The van der Waals surface area contributed by atoms with E-state index in [1.165, 1.54) is 0 Å². The molecule has 0 atom stereocenters. The monoisotopic (exact) mass is 244 g/mol. The molecule has 0 spiro atoms. The van der Waals surface area contributed by atoms with Crippen molar-refractivity contribution < 1.29 is 13.5 Å². The van der Waals surface area contributed by atoms with Gasteiger partial charge in [-0.1, -0.05) is 0 Å². The SMILES string of the molecule is CN(CCCOc1ccc(N)cc1)CC(F)F. The molecule has 1 rings (SSSR count).